The molecule has 5 heteroatoms. The van der Waals surface area contributed by atoms with Crippen molar-refractivity contribution in [3.63, 3.8) is 0 Å². The first kappa shape index (κ1) is 15.7. The first-order chi connectivity index (χ1) is 11.0. The summed E-state index contributed by atoms with van der Waals surface area (Å²) in [6.45, 7) is 14.5. The Kier molecular flexibility index (Phi) is 4.66. The summed E-state index contributed by atoms with van der Waals surface area (Å²) in [5.74, 6) is -0.432. The molecule has 112 valence electrons. The maximum absolute atomic E-state index is 9.49. The van der Waals surface area contributed by atoms with Gasteiger partial charge in [0.2, 0.25) is 0 Å². The second kappa shape index (κ2) is 6.84. The average molecular weight is 304 g/mol. The Morgan fingerprint density at radius 3 is 1.78 bits per heavy atom. The number of hydrogen-bond donors (Lipinski definition) is 3. The molecule has 0 radical (unpaired) electrons. The zero-order valence-electron chi connectivity index (χ0n) is 11.9. The van der Waals surface area contributed by atoms with Gasteiger partial charge in [-0.3, -0.25) is 9.69 Å². The average Bonchev–Trinajstić information content (AvgIpc) is 2.55. The van der Waals surface area contributed by atoms with Gasteiger partial charge >= 0.3 is 0 Å². The molecule has 2 aromatic rings. The molecule has 0 aliphatic heterocycles. The van der Waals surface area contributed by atoms with E-state index >= 15 is 0 Å². The predicted octanol–water partition coefficient (Wildman–Crippen LogP) is 4.02. The van der Waals surface area contributed by atoms with E-state index in [1.807, 2.05) is 0 Å². The Hall–Kier alpha value is -3.70. The van der Waals surface area contributed by atoms with E-state index in [2.05, 4.69) is 9.69 Å². The first-order valence-electron chi connectivity index (χ1n) is 6.53. The molecule has 0 aliphatic carbocycles. The second-order valence-corrected chi connectivity index (χ2v) is 4.62. The zero-order valence-corrected chi connectivity index (χ0v) is 11.9. The van der Waals surface area contributed by atoms with E-state index in [1.165, 1.54) is 42.5 Å². The highest BCUT2D eigenvalue weighted by Crippen LogP contribution is 2.28. The van der Waals surface area contributed by atoms with Crippen LogP contribution in [0.5, 0.6) is 17.2 Å². The maximum Gasteiger partial charge on any atom is 0.195 e. The van der Waals surface area contributed by atoms with Crippen molar-refractivity contribution in [1.82, 2.24) is 0 Å². The van der Waals surface area contributed by atoms with E-state index in [4.69, 9.17) is 13.1 Å². The number of phenols is 3. The van der Waals surface area contributed by atoms with Gasteiger partial charge in [0.05, 0.1) is 13.1 Å². The van der Waals surface area contributed by atoms with Gasteiger partial charge in [-0.1, -0.05) is 30.4 Å². The number of benzene rings is 2. The lowest BCUT2D eigenvalue weighted by Gasteiger charge is -2.01. The van der Waals surface area contributed by atoms with Crippen LogP contribution in [0.1, 0.15) is 11.1 Å². The van der Waals surface area contributed by atoms with Crippen LogP contribution >= 0.6 is 0 Å². The van der Waals surface area contributed by atoms with Crippen LogP contribution in [0.15, 0.2) is 53.9 Å². The molecule has 0 aliphatic rings. The van der Waals surface area contributed by atoms with Crippen molar-refractivity contribution in [2.45, 2.75) is 0 Å². The Bertz CT molecular complexity index is 867. The Labute approximate surface area is 133 Å². The lowest BCUT2D eigenvalue weighted by Crippen LogP contribution is -1.82. The van der Waals surface area contributed by atoms with Crippen molar-refractivity contribution in [2.24, 2.45) is 0 Å². The van der Waals surface area contributed by atoms with Crippen molar-refractivity contribution in [3.05, 3.63) is 87.8 Å². The highest BCUT2D eigenvalue weighted by atomic mass is 16.3. The molecule has 0 saturated carbocycles. The molecule has 0 bridgehead atoms. The third-order valence-corrected chi connectivity index (χ3v) is 3.00. The van der Waals surface area contributed by atoms with Gasteiger partial charge in [0.25, 0.3) is 0 Å². The van der Waals surface area contributed by atoms with Crippen LogP contribution in [0.25, 0.3) is 21.8 Å². The molecule has 0 aromatic heterocycles. The number of rotatable bonds is 3. The first-order valence-corrected chi connectivity index (χ1v) is 6.53. The van der Waals surface area contributed by atoms with Gasteiger partial charge in [-0.15, -0.1) is 0 Å². The lowest BCUT2D eigenvalue weighted by atomic mass is 10.1. The molecule has 0 unspecified atom stereocenters. The minimum atomic E-state index is -0.296. The normalized spacial score (nSPS) is 11.6. The summed E-state index contributed by atoms with van der Waals surface area (Å²) in [6.07, 6.45) is 2.99. The van der Waals surface area contributed by atoms with E-state index in [-0.39, 0.29) is 28.6 Å². The monoisotopic (exact) mass is 304 g/mol. The van der Waals surface area contributed by atoms with E-state index in [0.717, 1.165) is 0 Å². The predicted molar refractivity (Wildman–Crippen MR) is 87.0 cm³/mol. The van der Waals surface area contributed by atoms with Crippen molar-refractivity contribution < 1.29 is 15.3 Å². The number of hydrogen-bond acceptors (Lipinski definition) is 3. The molecule has 0 amide bonds. The quantitative estimate of drug-likeness (QED) is 0.455. The van der Waals surface area contributed by atoms with Gasteiger partial charge < -0.3 is 15.3 Å². The highest BCUT2D eigenvalue weighted by Gasteiger charge is 2.07. The molecule has 23 heavy (non-hydrogen) atoms. The van der Waals surface area contributed by atoms with Crippen molar-refractivity contribution in [3.8, 4) is 17.2 Å². The molecule has 3 N–H and O–H groups in total. The van der Waals surface area contributed by atoms with Crippen LogP contribution < -0.4 is 0 Å². The molecular weight excluding hydrogens is 292 g/mol. The highest BCUT2D eigenvalue weighted by molar-refractivity contribution is 5.70. The SMILES string of the molecule is [C-]#[N+]C(=C\c1ccc(O)cc1)/C(=C/c1ccc(O)c(O)c1)[N+]#[C-]. The molecule has 5 nitrogen and oxygen atoms in total. The summed E-state index contributed by atoms with van der Waals surface area (Å²) in [5, 5.41) is 28.0. The van der Waals surface area contributed by atoms with E-state index in [0.29, 0.717) is 11.1 Å². The summed E-state index contributed by atoms with van der Waals surface area (Å²) < 4.78 is 0. The van der Waals surface area contributed by atoms with E-state index in [1.54, 1.807) is 12.1 Å². The third-order valence-electron chi connectivity index (χ3n) is 3.00. The molecule has 0 spiro atoms. The van der Waals surface area contributed by atoms with Crippen LogP contribution in [0.4, 0.5) is 0 Å². The summed E-state index contributed by atoms with van der Waals surface area (Å²) in [4.78, 5) is 6.72. The fraction of sp³-hybridized carbons (Fsp3) is 0. The number of phenolic OH excluding ortho intramolecular Hbond substituents is 3. The topological polar surface area (TPSA) is 69.4 Å². The summed E-state index contributed by atoms with van der Waals surface area (Å²) in [5.41, 5.74) is 1.42. The minimum Gasteiger partial charge on any atom is -0.508 e. The van der Waals surface area contributed by atoms with Crippen LogP contribution in [0.2, 0.25) is 0 Å². The van der Waals surface area contributed by atoms with Crippen molar-refractivity contribution >= 4 is 12.2 Å². The van der Waals surface area contributed by atoms with Gasteiger partial charge in [0.15, 0.2) is 22.9 Å². The van der Waals surface area contributed by atoms with Gasteiger partial charge in [-0.25, -0.2) is 0 Å². The van der Waals surface area contributed by atoms with Crippen molar-refractivity contribution in [2.75, 3.05) is 0 Å². The molecule has 2 rings (SSSR count). The molecule has 0 fully saturated rings. The van der Waals surface area contributed by atoms with E-state index < -0.39 is 0 Å². The summed E-state index contributed by atoms with van der Waals surface area (Å²) >= 11 is 0. The smallest absolute Gasteiger partial charge is 0.195 e. The van der Waals surface area contributed by atoms with Crippen LogP contribution in [0.3, 0.4) is 0 Å². The molecule has 0 saturated heterocycles. The Balaban J connectivity index is 2.43. The third kappa shape index (κ3) is 3.90. The number of aromatic hydroxyl groups is 3. The zero-order chi connectivity index (χ0) is 16.8. The van der Waals surface area contributed by atoms with Gasteiger partial charge in [-0.05, 0) is 35.4 Å². The molecular formula is C18H12N2O3. The number of nitrogens with zero attached hydrogens (tertiary/aromatic N) is 2. The van der Waals surface area contributed by atoms with Crippen LogP contribution in [0, 0.1) is 13.1 Å². The van der Waals surface area contributed by atoms with Crippen LogP contribution in [-0.2, 0) is 0 Å². The maximum atomic E-state index is 9.49. The fourth-order valence-corrected chi connectivity index (χ4v) is 1.84. The summed E-state index contributed by atoms with van der Waals surface area (Å²) in [7, 11) is 0. The minimum absolute atomic E-state index is 0.109. The van der Waals surface area contributed by atoms with Gasteiger partial charge in [0.1, 0.15) is 5.75 Å². The van der Waals surface area contributed by atoms with Crippen molar-refractivity contribution in [1.29, 1.82) is 0 Å². The molecule has 0 heterocycles. The van der Waals surface area contributed by atoms with E-state index in [9.17, 15) is 15.3 Å². The molecule has 0 atom stereocenters. The fourth-order valence-electron chi connectivity index (χ4n) is 1.84. The Morgan fingerprint density at radius 2 is 1.26 bits per heavy atom. The molecule has 2 aromatic carbocycles. The lowest BCUT2D eigenvalue weighted by molar-refractivity contribution is 0.403. The second-order valence-electron chi connectivity index (χ2n) is 4.62. The Morgan fingerprint density at radius 1 is 0.739 bits per heavy atom. The van der Waals surface area contributed by atoms with Gasteiger partial charge in [-0.2, -0.15) is 0 Å². The summed E-state index contributed by atoms with van der Waals surface area (Å²) in [6, 6.07) is 10.4. The standard InChI is InChI=1S/C18H12N2O3/c1-19-15(9-12-3-6-14(21)7-4-12)16(20-2)10-13-5-8-17(22)18(23)11-13/h3-11,21-23H/b15-9-,16-10-. The van der Waals surface area contributed by atoms with Crippen LogP contribution in [-0.4, -0.2) is 15.3 Å². The largest absolute Gasteiger partial charge is 0.508 e. The van der Waals surface area contributed by atoms with Gasteiger partial charge in [0, 0.05) is 0 Å².